The van der Waals surface area contributed by atoms with Gasteiger partial charge < -0.3 is 14.8 Å². The van der Waals surface area contributed by atoms with Crippen LogP contribution >= 0.6 is 0 Å². The molecule has 0 saturated carbocycles. The molecule has 0 aromatic rings. The molecule has 0 spiro atoms. The first-order valence-corrected chi connectivity index (χ1v) is 7.55. The molecule has 1 rings (SSSR count). The summed E-state index contributed by atoms with van der Waals surface area (Å²) in [5.41, 5.74) is -0.217. The van der Waals surface area contributed by atoms with Crippen molar-refractivity contribution in [1.82, 2.24) is 5.32 Å². The lowest BCUT2D eigenvalue weighted by molar-refractivity contribution is -0.0155. The Morgan fingerprint density at radius 2 is 2.25 bits per heavy atom. The minimum Gasteiger partial charge on any atom is -0.378 e. The Bertz CT molecular complexity index is 296. The summed E-state index contributed by atoms with van der Waals surface area (Å²) in [5.74, 6) is 0.233. The molecule has 0 aromatic carbocycles. The maximum absolute atomic E-state index is 10.9. The van der Waals surface area contributed by atoms with Crippen molar-refractivity contribution in [3.8, 4) is 0 Å². The van der Waals surface area contributed by atoms with E-state index in [-0.39, 0.29) is 11.4 Å². The summed E-state index contributed by atoms with van der Waals surface area (Å²) in [4.78, 5) is 0. The topological polar surface area (TPSA) is 64.6 Å². The van der Waals surface area contributed by atoms with Crippen molar-refractivity contribution in [2.24, 2.45) is 0 Å². The first kappa shape index (κ1) is 13.9. The molecule has 1 atom stereocenters. The van der Waals surface area contributed by atoms with E-state index in [4.69, 9.17) is 9.47 Å². The van der Waals surface area contributed by atoms with Crippen molar-refractivity contribution in [2.75, 3.05) is 45.4 Å². The SMILES string of the molecule is COC1(CNCCCS(C)(=O)=O)CCOC1. The molecule has 1 heterocycles. The third-order valence-corrected chi connectivity index (χ3v) is 3.85. The van der Waals surface area contributed by atoms with Gasteiger partial charge in [0.1, 0.15) is 15.4 Å². The number of rotatable bonds is 7. The van der Waals surface area contributed by atoms with E-state index in [0.717, 1.165) is 13.0 Å². The van der Waals surface area contributed by atoms with Gasteiger partial charge in [-0.1, -0.05) is 0 Å². The minimum absolute atomic E-state index is 0.217. The monoisotopic (exact) mass is 251 g/mol. The molecule has 0 radical (unpaired) electrons. The van der Waals surface area contributed by atoms with E-state index in [1.165, 1.54) is 6.26 Å². The Hall–Kier alpha value is -0.170. The van der Waals surface area contributed by atoms with Gasteiger partial charge in [-0.15, -0.1) is 0 Å². The highest BCUT2D eigenvalue weighted by molar-refractivity contribution is 7.90. The zero-order chi connectivity index (χ0) is 12.1. The molecule has 0 aliphatic carbocycles. The van der Waals surface area contributed by atoms with Crippen LogP contribution in [0.2, 0.25) is 0 Å². The van der Waals surface area contributed by atoms with Crippen LogP contribution in [0.15, 0.2) is 0 Å². The van der Waals surface area contributed by atoms with E-state index in [0.29, 0.717) is 26.1 Å². The molecule has 0 aromatic heterocycles. The number of hydrogen-bond donors (Lipinski definition) is 1. The average Bonchev–Trinajstić information content (AvgIpc) is 2.65. The third kappa shape index (κ3) is 4.78. The summed E-state index contributed by atoms with van der Waals surface area (Å²) in [5, 5.41) is 3.22. The molecule has 96 valence electrons. The smallest absolute Gasteiger partial charge is 0.147 e. The fourth-order valence-corrected chi connectivity index (χ4v) is 2.41. The highest BCUT2D eigenvalue weighted by Gasteiger charge is 2.34. The van der Waals surface area contributed by atoms with Gasteiger partial charge in [-0.05, 0) is 13.0 Å². The summed E-state index contributed by atoms with van der Waals surface area (Å²) >= 11 is 0. The van der Waals surface area contributed by atoms with E-state index < -0.39 is 9.84 Å². The molecule has 1 saturated heterocycles. The van der Waals surface area contributed by atoms with Crippen molar-refractivity contribution >= 4 is 9.84 Å². The van der Waals surface area contributed by atoms with Gasteiger partial charge in [-0.25, -0.2) is 8.42 Å². The van der Waals surface area contributed by atoms with Crippen LogP contribution < -0.4 is 5.32 Å². The van der Waals surface area contributed by atoms with E-state index in [1.807, 2.05) is 0 Å². The van der Waals surface area contributed by atoms with Gasteiger partial charge in [0.25, 0.3) is 0 Å². The zero-order valence-electron chi connectivity index (χ0n) is 9.99. The van der Waals surface area contributed by atoms with Gasteiger partial charge in [0.05, 0.1) is 12.4 Å². The van der Waals surface area contributed by atoms with Gasteiger partial charge in [0.15, 0.2) is 0 Å². The van der Waals surface area contributed by atoms with Crippen LogP contribution in [0.5, 0.6) is 0 Å². The van der Waals surface area contributed by atoms with Crippen LogP contribution in [0.3, 0.4) is 0 Å². The van der Waals surface area contributed by atoms with Crippen LogP contribution in [0.4, 0.5) is 0 Å². The lowest BCUT2D eigenvalue weighted by atomic mass is 10.0. The molecule has 1 fully saturated rings. The average molecular weight is 251 g/mol. The van der Waals surface area contributed by atoms with Crippen molar-refractivity contribution < 1.29 is 17.9 Å². The standard InChI is InChI=1S/C10H21NO4S/c1-14-10(4-6-15-9-10)8-11-5-3-7-16(2,12)13/h11H,3-9H2,1-2H3. The quantitative estimate of drug-likeness (QED) is 0.636. The van der Waals surface area contributed by atoms with Crippen LogP contribution in [0.25, 0.3) is 0 Å². The fourth-order valence-electron chi connectivity index (χ4n) is 1.74. The molecule has 1 unspecified atom stereocenters. The Morgan fingerprint density at radius 1 is 1.50 bits per heavy atom. The minimum atomic E-state index is -2.84. The molecule has 5 nitrogen and oxygen atoms in total. The zero-order valence-corrected chi connectivity index (χ0v) is 10.8. The molecule has 1 aliphatic rings. The normalized spacial score (nSPS) is 26.1. The molecular weight excluding hydrogens is 230 g/mol. The van der Waals surface area contributed by atoms with Crippen molar-refractivity contribution in [1.29, 1.82) is 0 Å². The predicted octanol–water partition coefficient (Wildman–Crippen LogP) is -0.184. The van der Waals surface area contributed by atoms with Crippen molar-refractivity contribution in [2.45, 2.75) is 18.4 Å². The summed E-state index contributed by atoms with van der Waals surface area (Å²) in [7, 11) is -1.15. The molecule has 1 N–H and O–H groups in total. The van der Waals surface area contributed by atoms with Gasteiger partial charge in [0.2, 0.25) is 0 Å². The summed E-state index contributed by atoms with van der Waals surface area (Å²) in [6.45, 7) is 2.76. The highest BCUT2D eigenvalue weighted by atomic mass is 32.2. The summed E-state index contributed by atoms with van der Waals surface area (Å²) in [6, 6.07) is 0. The van der Waals surface area contributed by atoms with Gasteiger partial charge >= 0.3 is 0 Å². The van der Waals surface area contributed by atoms with E-state index in [1.54, 1.807) is 7.11 Å². The molecule has 0 bridgehead atoms. The number of hydrogen-bond acceptors (Lipinski definition) is 5. The molecular formula is C10H21NO4S. The first-order chi connectivity index (χ1) is 7.47. The van der Waals surface area contributed by atoms with Crippen molar-refractivity contribution in [3.05, 3.63) is 0 Å². The molecule has 1 aliphatic heterocycles. The second kappa shape index (κ2) is 5.95. The molecule has 16 heavy (non-hydrogen) atoms. The number of nitrogens with one attached hydrogen (secondary N) is 1. The summed E-state index contributed by atoms with van der Waals surface area (Å²) < 4.78 is 32.5. The van der Waals surface area contributed by atoms with Crippen LogP contribution in [-0.2, 0) is 19.3 Å². The van der Waals surface area contributed by atoms with Gasteiger partial charge in [-0.3, -0.25) is 0 Å². The van der Waals surface area contributed by atoms with Gasteiger partial charge in [0, 0.05) is 32.9 Å². The Balaban J connectivity index is 2.15. The third-order valence-electron chi connectivity index (χ3n) is 2.82. The van der Waals surface area contributed by atoms with Crippen LogP contribution in [0, 0.1) is 0 Å². The summed E-state index contributed by atoms with van der Waals surface area (Å²) in [6.07, 6.45) is 2.79. The van der Waals surface area contributed by atoms with Gasteiger partial charge in [-0.2, -0.15) is 0 Å². The molecule has 6 heteroatoms. The Labute approximate surface area is 97.4 Å². The number of sulfone groups is 1. The second-order valence-corrected chi connectivity index (χ2v) is 6.61. The van der Waals surface area contributed by atoms with E-state index in [2.05, 4.69) is 5.32 Å². The number of methoxy groups -OCH3 is 1. The maximum Gasteiger partial charge on any atom is 0.147 e. The predicted molar refractivity (Wildman–Crippen MR) is 62.4 cm³/mol. The van der Waals surface area contributed by atoms with Crippen molar-refractivity contribution in [3.63, 3.8) is 0 Å². The molecule has 0 amide bonds. The van der Waals surface area contributed by atoms with E-state index in [9.17, 15) is 8.42 Å². The highest BCUT2D eigenvalue weighted by Crippen LogP contribution is 2.21. The lowest BCUT2D eigenvalue weighted by Gasteiger charge is -2.25. The maximum atomic E-state index is 10.9. The Morgan fingerprint density at radius 3 is 2.75 bits per heavy atom. The lowest BCUT2D eigenvalue weighted by Crippen LogP contribution is -2.43. The number of ether oxygens (including phenoxy) is 2. The first-order valence-electron chi connectivity index (χ1n) is 5.49. The second-order valence-electron chi connectivity index (χ2n) is 4.35. The van der Waals surface area contributed by atoms with E-state index >= 15 is 0 Å². The Kier molecular flexibility index (Phi) is 5.17. The largest absolute Gasteiger partial charge is 0.378 e. The fraction of sp³-hybridized carbons (Fsp3) is 1.00. The van der Waals surface area contributed by atoms with Crippen LogP contribution in [0.1, 0.15) is 12.8 Å². The van der Waals surface area contributed by atoms with Crippen LogP contribution in [-0.4, -0.2) is 59.4 Å².